The van der Waals surface area contributed by atoms with Crippen molar-refractivity contribution in [3.05, 3.63) is 47.0 Å². The zero-order valence-corrected chi connectivity index (χ0v) is 11.2. The van der Waals surface area contributed by atoms with Gasteiger partial charge in [0.25, 0.3) is 0 Å². The van der Waals surface area contributed by atoms with Gasteiger partial charge in [0.2, 0.25) is 0 Å². The van der Waals surface area contributed by atoms with Crippen LogP contribution in [0, 0.1) is 0 Å². The fourth-order valence-corrected chi connectivity index (χ4v) is 1.56. The molecule has 0 bridgehead atoms. The van der Waals surface area contributed by atoms with E-state index in [1.54, 1.807) is 6.92 Å². The van der Waals surface area contributed by atoms with Gasteiger partial charge in [0.05, 0.1) is 5.92 Å². The van der Waals surface area contributed by atoms with Crippen molar-refractivity contribution in [2.45, 2.75) is 33.2 Å². The minimum absolute atomic E-state index is 0.447. The van der Waals surface area contributed by atoms with E-state index in [0.29, 0.717) is 0 Å². The Kier molecular flexibility index (Phi) is 5.59. The zero-order chi connectivity index (χ0) is 13.5. The molecule has 0 amide bonds. The Morgan fingerprint density at radius 3 is 2.44 bits per heavy atom. The minimum Gasteiger partial charge on any atom is -0.481 e. The van der Waals surface area contributed by atoms with Gasteiger partial charge in [-0.05, 0) is 31.9 Å². The van der Waals surface area contributed by atoms with Gasteiger partial charge in [0.15, 0.2) is 0 Å². The van der Waals surface area contributed by atoms with Gasteiger partial charge in [-0.2, -0.15) is 0 Å². The maximum Gasteiger partial charge on any atom is 0.310 e. The van der Waals surface area contributed by atoms with Gasteiger partial charge >= 0.3 is 5.97 Å². The van der Waals surface area contributed by atoms with E-state index in [1.807, 2.05) is 24.3 Å². The first-order chi connectivity index (χ1) is 8.50. The Bertz CT molecular complexity index is 417. The summed E-state index contributed by atoms with van der Waals surface area (Å²) in [5, 5.41) is 12.2. The van der Waals surface area contributed by atoms with Crippen LogP contribution in [0.15, 0.2) is 35.9 Å². The van der Waals surface area contributed by atoms with Gasteiger partial charge in [0.1, 0.15) is 0 Å². The minimum atomic E-state index is -0.788. The lowest BCUT2D eigenvalue weighted by atomic mass is 10.0. The molecule has 2 N–H and O–H groups in total. The predicted octanol–water partition coefficient (Wildman–Crippen LogP) is 2.93. The molecule has 3 nitrogen and oxygen atoms in total. The van der Waals surface area contributed by atoms with E-state index in [-0.39, 0.29) is 0 Å². The molecule has 0 aliphatic carbocycles. The Labute approximate surface area is 109 Å². The lowest BCUT2D eigenvalue weighted by Crippen LogP contribution is -2.13. The monoisotopic (exact) mass is 247 g/mol. The normalized spacial score (nSPS) is 11.9. The van der Waals surface area contributed by atoms with Crippen molar-refractivity contribution < 1.29 is 9.90 Å². The molecule has 0 heterocycles. The lowest BCUT2D eigenvalue weighted by Gasteiger charge is -2.08. The highest BCUT2D eigenvalue weighted by atomic mass is 16.4. The molecule has 98 valence electrons. The molecule has 1 unspecified atom stereocenters. The van der Waals surface area contributed by atoms with Crippen LogP contribution in [0.25, 0.3) is 0 Å². The van der Waals surface area contributed by atoms with Crippen molar-refractivity contribution in [1.29, 1.82) is 0 Å². The summed E-state index contributed by atoms with van der Waals surface area (Å²) in [7, 11) is 0. The molecule has 0 radical (unpaired) electrons. The van der Waals surface area contributed by atoms with Gasteiger partial charge in [-0.3, -0.25) is 4.79 Å². The third kappa shape index (κ3) is 4.72. The number of nitrogens with one attached hydrogen (secondary N) is 1. The summed E-state index contributed by atoms with van der Waals surface area (Å²) in [6, 6.07) is 7.72. The van der Waals surface area contributed by atoms with Crippen molar-refractivity contribution in [3.63, 3.8) is 0 Å². The van der Waals surface area contributed by atoms with Crippen molar-refractivity contribution in [3.8, 4) is 0 Å². The van der Waals surface area contributed by atoms with Crippen LogP contribution >= 0.6 is 0 Å². The second kappa shape index (κ2) is 6.97. The number of hydrogen-bond donors (Lipinski definition) is 2. The molecule has 1 aromatic carbocycles. The maximum atomic E-state index is 10.8. The second-order valence-corrected chi connectivity index (χ2v) is 4.71. The summed E-state index contributed by atoms with van der Waals surface area (Å²) in [4.78, 5) is 10.8. The van der Waals surface area contributed by atoms with Crippen LogP contribution in [0.5, 0.6) is 0 Å². The first-order valence-electron chi connectivity index (χ1n) is 6.16. The molecule has 0 fully saturated rings. The summed E-state index contributed by atoms with van der Waals surface area (Å²) in [5.41, 5.74) is 3.31. The van der Waals surface area contributed by atoms with Gasteiger partial charge in [0, 0.05) is 13.1 Å². The van der Waals surface area contributed by atoms with Crippen LogP contribution in [0.2, 0.25) is 0 Å². The van der Waals surface area contributed by atoms with Crippen LogP contribution in [0.1, 0.15) is 37.8 Å². The van der Waals surface area contributed by atoms with E-state index in [1.165, 1.54) is 11.1 Å². The molecule has 3 heteroatoms. The Hall–Kier alpha value is -1.61. The van der Waals surface area contributed by atoms with E-state index >= 15 is 0 Å². The number of carboxylic acid groups (broad SMARTS) is 1. The van der Waals surface area contributed by atoms with E-state index in [2.05, 4.69) is 25.2 Å². The highest BCUT2D eigenvalue weighted by Gasteiger charge is 2.12. The van der Waals surface area contributed by atoms with E-state index in [0.717, 1.165) is 18.7 Å². The molecule has 0 aliphatic rings. The first-order valence-corrected chi connectivity index (χ1v) is 6.16. The van der Waals surface area contributed by atoms with Crippen molar-refractivity contribution in [1.82, 2.24) is 5.32 Å². The van der Waals surface area contributed by atoms with Crippen LogP contribution in [0.4, 0.5) is 0 Å². The number of aliphatic carboxylic acids is 1. The van der Waals surface area contributed by atoms with Gasteiger partial charge in [-0.25, -0.2) is 0 Å². The fourth-order valence-electron chi connectivity index (χ4n) is 1.56. The highest BCUT2D eigenvalue weighted by molar-refractivity contribution is 5.75. The molecule has 1 rings (SSSR count). The number of carboxylic acids is 1. The number of carbonyl (C=O) groups is 1. The average molecular weight is 247 g/mol. The van der Waals surface area contributed by atoms with Crippen molar-refractivity contribution >= 4 is 5.97 Å². The standard InChI is InChI=1S/C15H21NO2/c1-11(2)8-9-16-10-13-4-6-14(7-5-13)12(3)15(17)18/h4-8,12,16H,9-10H2,1-3H3,(H,17,18). The quantitative estimate of drug-likeness (QED) is 0.600. The molecule has 1 atom stereocenters. The third-order valence-electron chi connectivity index (χ3n) is 2.83. The van der Waals surface area contributed by atoms with Crippen molar-refractivity contribution in [2.75, 3.05) is 6.54 Å². The SMILES string of the molecule is CC(C)=CCNCc1ccc(C(C)C(=O)O)cc1. The highest BCUT2D eigenvalue weighted by Crippen LogP contribution is 2.15. The summed E-state index contributed by atoms with van der Waals surface area (Å²) >= 11 is 0. The van der Waals surface area contributed by atoms with Gasteiger partial charge in [-0.15, -0.1) is 0 Å². The van der Waals surface area contributed by atoms with Gasteiger partial charge < -0.3 is 10.4 Å². The molecule has 0 aliphatic heterocycles. The molecule has 0 saturated carbocycles. The first kappa shape index (κ1) is 14.5. The summed E-state index contributed by atoms with van der Waals surface area (Å²) in [6.07, 6.45) is 2.14. The maximum absolute atomic E-state index is 10.8. The molecule has 0 aromatic heterocycles. The summed E-state index contributed by atoms with van der Waals surface area (Å²) in [5.74, 6) is -1.23. The van der Waals surface area contributed by atoms with Crippen LogP contribution in [-0.2, 0) is 11.3 Å². The van der Waals surface area contributed by atoms with E-state index < -0.39 is 11.9 Å². The summed E-state index contributed by atoms with van der Waals surface area (Å²) in [6.45, 7) is 7.50. The smallest absolute Gasteiger partial charge is 0.310 e. The molecular weight excluding hydrogens is 226 g/mol. The van der Waals surface area contributed by atoms with Crippen LogP contribution < -0.4 is 5.32 Å². The number of hydrogen-bond acceptors (Lipinski definition) is 2. The molecule has 1 aromatic rings. The molecule has 0 saturated heterocycles. The van der Waals surface area contributed by atoms with Gasteiger partial charge in [-0.1, -0.05) is 35.9 Å². The molecule has 0 spiro atoms. The third-order valence-corrected chi connectivity index (χ3v) is 2.83. The summed E-state index contributed by atoms with van der Waals surface area (Å²) < 4.78 is 0. The Morgan fingerprint density at radius 2 is 1.94 bits per heavy atom. The second-order valence-electron chi connectivity index (χ2n) is 4.71. The van der Waals surface area contributed by atoms with Crippen LogP contribution in [0.3, 0.4) is 0 Å². The number of allylic oxidation sites excluding steroid dienone is 1. The predicted molar refractivity (Wildman–Crippen MR) is 73.6 cm³/mol. The lowest BCUT2D eigenvalue weighted by molar-refractivity contribution is -0.138. The largest absolute Gasteiger partial charge is 0.481 e. The van der Waals surface area contributed by atoms with Crippen molar-refractivity contribution in [2.24, 2.45) is 0 Å². The Morgan fingerprint density at radius 1 is 1.33 bits per heavy atom. The fraction of sp³-hybridized carbons (Fsp3) is 0.400. The average Bonchev–Trinajstić information content (AvgIpc) is 2.34. The number of benzene rings is 1. The van der Waals surface area contributed by atoms with E-state index in [9.17, 15) is 4.79 Å². The molecular formula is C15H21NO2. The van der Waals surface area contributed by atoms with Crippen LogP contribution in [-0.4, -0.2) is 17.6 Å². The van der Waals surface area contributed by atoms with E-state index in [4.69, 9.17) is 5.11 Å². The number of rotatable bonds is 6. The molecule has 18 heavy (non-hydrogen) atoms. The zero-order valence-electron chi connectivity index (χ0n) is 11.2. The Balaban J connectivity index is 2.50. The topological polar surface area (TPSA) is 49.3 Å².